The molecule has 1 atom stereocenters. The Bertz CT molecular complexity index is 787. The second kappa shape index (κ2) is 7.41. The number of nitrogens with zero attached hydrogens (tertiary/aromatic N) is 1. The zero-order valence-corrected chi connectivity index (χ0v) is 14.1. The molecule has 1 aromatic heterocycles. The number of benzene rings is 1. The molecule has 132 valence electrons. The van der Waals surface area contributed by atoms with Gasteiger partial charge in [0.25, 0.3) is 0 Å². The number of hydrogen-bond acceptors (Lipinski definition) is 4. The summed E-state index contributed by atoms with van der Waals surface area (Å²) in [6.45, 7) is 0. The molecule has 2 aromatic rings. The van der Waals surface area contributed by atoms with Crippen LogP contribution in [0.15, 0.2) is 36.5 Å². The third-order valence-electron chi connectivity index (χ3n) is 3.31. The maximum absolute atomic E-state index is 12.8. The second-order valence-corrected chi connectivity index (χ2v) is 5.70. The maximum Gasteiger partial charge on any atom is 0.416 e. The molecule has 0 bridgehead atoms. The van der Waals surface area contributed by atoms with Gasteiger partial charge in [0, 0.05) is 21.8 Å². The fourth-order valence-electron chi connectivity index (χ4n) is 2.15. The van der Waals surface area contributed by atoms with Crippen molar-refractivity contribution in [3.63, 3.8) is 0 Å². The third kappa shape index (κ3) is 4.11. The molecule has 1 aromatic carbocycles. The first-order valence-corrected chi connectivity index (χ1v) is 7.51. The molecule has 0 saturated heterocycles. The Kier molecular flexibility index (Phi) is 5.69. The van der Waals surface area contributed by atoms with E-state index in [0.717, 1.165) is 7.11 Å². The van der Waals surface area contributed by atoms with Gasteiger partial charge in [-0.2, -0.15) is 13.2 Å². The highest BCUT2D eigenvalue weighted by Crippen LogP contribution is 2.40. The number of rotatable bonds is 4. The standard InChI is InChI=1S/C16H10Cl2F3NO3/c1-25-15(24)13(14(23)11-4-2-3-5-22-11)12-9(17)6-8(7-10(12)18)16(19,20)21/h2-7,13H,1H3. The van der Waals surface area contributed by atoms with E-state index in [1.165, 1.54) is 18.3 Å². The van der Waals surface area contributed by atoms with Gasteiger partial charge in [0.05, 0.1) is 12.7 Å². The summed E-state index contributed by atoms with van der Waals surface area (Å²) in [5.74, 6) is -3.45. The number of carbonyl (C=O) groups excluding carboxylic acids is 2. The SMILES string of the molecule is COC(=O)C(C(=O)c1ccccn1)c1c(Cl)cc(C(F)(F)F)cc1Cl. The van der Waals surface area contributed by atoms with E-state index in [9.17, 15) is 22.8 Å². The minimum absolute atomic E-state index is 0.0788. The van der Waals surface area contributed by atoms with E-state index in [0.29, 0.717) is 12.1 Å². The van der Waals surface area contributed by atoms with Crippen molar-refractivity contribution in [2.75, 3.05) is 7.11 Å². The van der Waals surface area contributed by atoms with Crippen molar-refractivity contribution < 1.29 is 27.5 Å². The van der Waals surface area contributed by atoms with Crippen molar-refractivity contribution in [1.82, 2.24) is 4.98 Å². The molecule has 2 rings (SSSR count). The number of aromatic nitrogens is 1. The van der Waals surface area contributed by atoms with Crippen molar-refractivity contribution in [3.8, 4) is 0 Å². The van der Waals surface area contributed by atoms with Crippen LogP contribution in [0, 0.1) is 0 Å². The van der Waals surface area contributed by atoms with E-state index < -0.39 is 39.5 Å². The van der Waals surface area contributed by atoms with Gasteiger partial charge in [-0.05, 0) is 24.3 Å². The molecule has 9 heteroatoms. The lowest BCUT2D eigenvalue weighted by atomic mass is 9.91. The van der Waals surface area contributed by atoms with Crippen molar-refractivity contribution in [1.29, 1.82) is 0 Å². The predicted octanol–water partition coefficient (Wildman–Crippen LogP) is 4.55. The molecule has 25 heavy (non-hydrogen) atoms. The summed E-state index contributed by atoms with van der Waals surface area (Å²) in [4.78, 5) is 28.6. The highest BCUT2D eigenvalue weighted by molar-refractivity contribution is 6.37. The lowest BCUT2D eigenvalue weighted by molar-refractivity contribution is -0.141. The lowest BCUT2D eigenvalue weighted by Gasteiger charge is -2.18. The van der Waals surface area contributed by atoms with Crippen molar-refractivity contribution in [2.24, 2.45) is 0 Å². The number of pyridine rings is 1. The lowest BCUT2D eigenvalue weighted by Crippen LogP contribution is -2.25. The van der Waals surface area contributed by atoms with Crippen LogP contribution in [-0.2, 0) is 15.7 Å². The minimum Gasteiger partial charge on any atom is -0.468 e. The van der Waals surface area contributed by atoms with Gasteiger partial charge in [0.2, 0.25) is 0 Å². The Hall–Kier alpha value is -2.12. The summed E-state index contributed by atoms with van der Waals surface area (Å²) >= 11 is 11.8. The molecular formula is C16H10Cl2F3NO3. The van der Waals surface area contributed by atoms with Crippen LogP contribution in [0.25, 0.3) is 0 Å². The molecule has 0 saturated carbocycles. The molecular weight excluding hydrogens is 382 g/mol. The zero-order chi connectivity index (χ0) is 18.8. The first-order chi connectivity index (χ1) is 11.7. The molecule has 1 heterocycles. The average molecular weight is 392 g/mol. The molecule has 0 spiro atoms. The topological polar surface area (TPSA) is 56.3 Å². The van der Waals surface area contributed by atoms with E-state index >= 15 is 0 Å². The summed E-state index contributed by atoms with van der Waals surface area (Å²) in [5.41, 5.74) is -1.44. The largest absolute Gasteiger partial charge is 0.468 e. The van der Waals surface area contributed by atoms with Crippen molar-refractivity contribution >= 4 is 35.0 Å². The molecule has 4 nitrogen and oxygen atoms in total. The van der Waals surface area contributed by atoms with Crippen LogP contribution in [-0.4, -0.2) is 23.8 Å². The van der Waals surface area contributed by atoms with Gasteiger partial charge >= 0.3 is 12.1 Å². The highest BCUT2D eigenvalue weighted by Gasteiger charge is 2.37. The Morgan fingerprint density at radius 3 is 2.20 bits per heavy atom. The smallest absolute Gasteiger partial charge is 0.416 e. The monoisotopic (exact) mass is 391 g/mol. The van der Waals surface area contributed by atoms with Gasteiger partial charge < -0.3 is 4.74 Å². The Morgan fingerprint density at radius 2 is 1.76 bits per heavy atom. The fourth-order valence-corrected chi connectivity index (χ4v) is 2.86. The maximum atomic E-state index is 12.8. The minimum atomic E-state index is -4.68. The number of carbonyl (C=O) groups is 2. The number of halogens is 5. The molecule has 0 N–H and O–H groups in total. The third-order valence-corrected chi connectivity index (χ3v) is 3.94. The summed E-state index contributed by atoms with van der Waals surface area (Å²) in [6, 6.07) is 5.63. The first-order valence-electron chi connectivity index (χ1n) is 6.76. The highest BCUT2D eigenvalue weighted by atomic mass is 35.5. The Labute approximate surface area is 150 Å². The number of methoxy groups -OCH3 is 1. The van der Waals surface area contributed by atoms with E-state index in [1.807, 2.05) is 0 Å². The second-order valence-electron chi connectivity index (χ2n) is 4.89. The summed E-state index contributed by atoms with van der Waals surface area (Å²) in [6.07, 6.45) is -3.35. The first kappa shape index (κ1) is 19.2. The van der Waals surface area contributed by atoms with Gasteiger partial charge in [-0.3, -0.25) is 14.6 Å². The number of ether oxygens (including phenoxy) is 1. The number of alkyl halides is 3. The van der Waals surface area contributed by atoms with Crippen LogP contribution in [0.5, 0.6) is 0 Å². The van der Waals surface area contributed by atoms with Gasteiger partial charge in [-0.15, -0.1) is 0 Å². The quantitative estimate of drug-likeness (QED) is 0.435. The molecule has 0 aliphatic carbocycles. The summed E-state index contributed by atoms with van der Waals surface area (Å²) < 4.78 is 43.1. The summed E-state index contributed by atoms with van der Waals surface area (Å²) in [5, 5.41) is -0.945. The molecule has 0 radical (unpaired) electrons. The van der Waals surface area contributed by atoms with E-state index in [2.05, 4.69) is 9.72 Å². The molecule has 0 aliphatic heterocycles. The van der Waals surface area contributed by atoms with Crippen molar-refractivity contribution in [3.05, 3.63) is 63.4 Å². The van der Waals surface area contributed by atoms with Gasteiger partial charge in [-0.1, -0.05) is 29.3 Å². The normalized spacial score (nSPS) is 12.6. The Morgan fingerprint density at radius 1 is 1.16 bits per heavy atom. The van der Waals surface area contributed by atoms with Gasteiger partial charge in [-0.25, -0.2) is 0 Å². The van der Waals surface area contributed by atoms with E-state index in [-0.39, 0.29) is 11.3 Å². The van der Waals surface area contributed by atoms with E-state index in [4.69, 9.17) is 23.2 Å². The van der Waals surface area contributed by atoms with E-state index in [1.54, 1.807) is 6.07 Å². The van der Waals surface area contributed by atoms with Crippen LogP contribution in [0.1, 0.15) is 27.5 Å². The van der Waals surface area contributed by atoms with Crippen LogP contribution in [0.3, 0.4) is 0 Å². The predicted molar refractivity (Wildman–Crippen MR) is 84.8 cm³/mol. The Balaban J connectivity index is 2.60. The average Bonchev–Trinajstić information content (AvgIpc) is 2.56. The van der Waals surface area contributed by atoms with Crippen molar-refractivity contribution in [2.45, 2.75) is 12.1 Å². The van der Waals surface area contributed by atoms with Gasteiger partial charge in [0.15, 0.2) is 5.78 Å². The number of Topliss-reactive ketones (excluding diaryl/α,β-unsaturated/α-hetero) is 1. The summed E-state index contributed by atoms with van der Waals surface area (Å²) in [7, 11) is 1.03. The molecule has 0 amide bonds. The van der Waals surface area contributed by atoms with Gasteiger partial charge in [0.1, 0.15) is 11.6 Å². The number of hydrogen-bond donors (Lipinski definition) is 0. The van der Waals surface area contributed by atoms with Crippen LogP contribution in [0.2, 0.25) is 10.0 Å². The van der Waals surface area contributed by atoms with Crippen LogP contribution < -0.4 is 0 Å². The molecule has 0 aliphatic rings. The van der Waals surface area contributed by atoms with Crippen LogP contribution >= 0.6 is 23.2 Å². The molecule has 1 unspecified atom stereocenters. The molecule has 0 fully saturated rings. The van der Waals surface area contributed by atoms with Crippen LogP contribution in [0.4, 0.5) is 13.2 Å². The number of ketones is 1. The fraction of sp³-hybridized carbons (Fsp3) is 0.188. The number of esters is 1. The zero-order valence-electron chi connectivity index (χ0n) is 12.6.